The average molecular weight is 344 g/mol. The highest BCUT2D eigenvalue weighted by Crippen LogP contribution is 2.23. The van der Waals surface area contributed by atoms with E-state index in [0.29, 0.717) is 18.3 Å². The van der Waals surface area contributed by atoms with E-state index in [2.05, 4.69) is 20.4 Å². The van der Waals surface area contributed by atoms with Gasteiger partial charge in [0.05, 0.1) is 0 Å². The number of carbonyl (C=O) groups is 1. The van der Waals surface area contributed by atoms with Crippen LogP contribution in [0.3, 0.4) is 0 Å². The molecule has 2 aromatic rings. The lowest BCUT2D eigenvalue weighted by Gasteiger charge is -2.24. The van der Waals surface area contributed by atoms with Crippen LogP contribution in [0.4, 0.5) is 6.01 Å². The quantitative estimate of drug-likeness (QED) is 0.828. The number of piperidine rings is 1. The number of hydrogen-bond donors (Lipinski definition) is 1. The van der Waals surface area contributed by atoms with Crippen molar-refractivity contribution in [3.05, 3.63) is 41.8 Å². The maximum absolute atomic E-state index is 12.0. The Balaban J connectivity index is 1.75. The van der Waals surface area contributed by atoms with E-state index >= 15 is 0 Å². The second kappa shape index (κ2) is 8.62. The predicted octanol–water partition coefficient (Wildman–Crippen LogP) is 2.11. The van der Waals surface area contributed by atoms with Crippen molar-refractivity contribution in [2.24, 2.45) is 0 Å². The number of amides is 1. The summed E-state index contributed by atoms with van der Waals surface area (Å²) in [7, 11) is 1.49. The third-order valence-corrected chi connectivity index (χ3v) is 4.25. The summed E-state index contributed by atoms with van der Waals surface area (Å²) in [6.07, 6.45) is 4.09. The first-order chi connectivity index (χ1) is 12.3. The van der Waals surface area contributed by atoms with Gasteiger partial charge in [0.25, 0.3) is 0 Å². The summed E-state index contributed by atoms with van der Waals surface area (Å²) >= 11 is 0. The first kappa shape index (κ1) is 17.4. The van der Waals surface area contributed by atoms with Crippen LogP contribution in [0, 0.1) is 0 Å². The molecule has 0 saturated carbocycles. The molecule has 0 bridgehead atoms. The van der Waals surface area contributed by atoms with Gasteiger partial charge in [0.1, 0.15) is 12.6 Å². The van der Waals surface area contributed by atoms with Gasteiger partial charge in [0.15, 0.2) is 0 Å². The molecule has 0 aliphatic carbocycles. The minimum atomic E-state index is -0.379. The molecule has 7 nitrogen and oxygen atoms in total. The molecule has 1 amide bonds. The maximum Gasteiger partial charge on any atom is 0.318 e. The number of benzene rings is 1. The molecule has 1 N–H and O–H groups in total. The standard InChI is InChI=1S/C18H24N4O3/c1-24-13-16(23)19-15(12-14-8-4-2-5-9-14)17-20-21-18(25-17)22-10-6-3-7-11-22/h2,4-5,8-9,15H,3,6-7,10-13H2,1H3,(H,19,23)/t15-/m0/s1. The molecule has 1 aliphatic rings. The van der Waals surface area contributed by atoms with Crippen molar-refractivity contribution in [2.75, 3.05) is 31.7 Å². The van der Waals surface area contributed by atoms with Crippen LogP contribution < -0.4 is 10.2 Å². The minimum absolute atomic E-state index is 0.00158. The summed E-state index contributed by atoms with van der Waals surface area (Å²) in [6.45, 7) is 1.86. The first-order valence-corrected chi connectivity index (χ1v) is 8.67. The number of carbonyl (C=O) groups excluding carboxylic acids is 1. The van der Waals surface area contributed by atoms with Gasteiger partial charge < -0.3 is 19.4 Å². The van der Waals surface area contributed by atoms with Crippen molar-refractivity contribution < 1.29 is 13.9 Å². The Kier molecular flexibility index (Phi) is 6.00. The van der Waals surface area contributed by atoms with Crippen LogP contribution in [-0.4, -0.2) is 42.9 Å². The summed E-state index contributed by atoms with van der Waals surface area (Å²) in [4.78, 5) is 14.1. The Labute approximate surface area is 147 Å². The second-order valence-corrected chi connectivity index (χ2v) is 6.21. The number of nitrogens with zero attached hydrogens (tertiary/aromatic N) is 3. The number of methoxy groups -OCH3 is 1. The molecule has 7 heteroatoms. The van der Waals surface area contributed by atoms with Gasteiger partial charge in [0.2, 0.25) is 11.8 Å². The van der Waals surface area contributed by atoms with Gasteiger partial charge in [-0.05, 0) is 24.8 Å². The van der Waals surface area contributed by atoms with E-state index in [1.165, 1.54) is 13.5 Å². The van der Waals surface area contributed by atoms with Gasteiger partial charge in [-0.15, -0.1) is 5.10 Å². The highest BCUT2D eigenvalue weighted by Gasteiger charge is 2.24. The second-order valence-electron chi connectivity index (χ2n) is 6.21. The highest BCUT2D eigenvalue weighted by molar-refractivity contribution is 5.77. The van der Waals surface area contributed by atoms with Gasteiger partial charge in [-0.3, -0.25) is 4.79 Å². The highest BCUT2D eigenvalue weighted by atomic mass is 16.5. The van der Waals surface area contributed by atoms with Crippen LogP contribution in [0.15, 0.2) is 34.7 Å². The Bertz CT molecular complexity index is 668. The monoisotopic (exact) mass is 344 g/mol. The molecule has 1 aliphatic heterocycles. The van der Waals surface area contributed by atoms with Crippen molar-refractivity contribution >= 4 is 11.9 Å². The molecule has 1 atom stereocenters. The summed E-state index contributed by atoms with van der Waals surface area (Å²) in [5.41, 5.74) is 1.09. The zero-order chi connectivity index (χ0) is 17.5. The van der Waals surface area contributed by atoms with E-state index in [0.717, 1.165) is 31.5 Å². The van der Waals surface area contributed by atoms with Crippen molar-refractivity contribution in [3.8, 4) is 0 Å². The molecule has 1 fully saturated rings. The zero-order valence-electron chi connectivity index (χ0n) is 14.5. The van der Waals surface area contributed by atoms with Crippen LogP contribution in [-0.2, 0) is 16.0 Å². The molecule has 0 radical (unpaired) electrons. The lowest BCUT2D eigenvalue weighted by Crippen LogP contribution is -2.33. The largest absolute Gasteiger partial charge is 0.406 e. The van der Waals surface area contributed by atoms with Gasteiger partial charge >= 0.3 is 6.01 Å². The summed E-state index contributed by atoms with van der Waals surface area (Å²) < 4.78 is 10.8. The molecule has 0 unspecified atom stereocenters. The van der Waals surface area contributed by atoms with Crippen LogP contribution in [0.5, 0.6) is 0 Å². The normalized spacial score (nSPS) is 15.8. The molecular weight excluding hydrogens is 320 g/mol. The zero-order valence-corrected chi connectivity index (χ0v) is 14.5. The molecule has 25 heavy (non-hydrogen) atoms. The van der Waals surface area contributed by atoms with Crippen molar-refractivity contribution in [3.63, 3.8) is 0 Å². The van der Waals surface area contributed by atoms with Gasteiger partial charge in [0, 0.05) is 26.6 Å². The Morgan fingerprint density at radius 1 is 1.24 bits per heavy atom. The fraction of sp³-hybridized carbons (Fsp3) is 0.500. The lowest BCUT2D eigenvalue weighted by atomic mass is 10.1. The van der Waals surface area contributed by atoms with Crippen LogP contribution in [0.2, 0.25) is 0 Å². The lowest BCUT2D eigenvalue weighted by molar-refractivity contribution is -0.125. The first-order valence-electron chi connectivity index (χ1n) is 8.67. The average Bonchev–Trinajstić information content (AvgIpc) is 3.13. The summed E-state index contributed by atoms with van der Waals surface area (Å²) in [5.74, 6) is 0.218. The van der Waals surface area contributed by atoms with E-state index in [1.807, 2.05) is 30.3 Å². The predicted molar refractivity (Wildman–Crippen MR) is 93.3 cm³/mol. The van der Waals surface area contributed by atoms with Crippen LogP contribution in [0.1, 0.15) is 36.8 Å². The third kappa shape index (κ3) is 4.79. The van der Waals surface area contributed by atoms with Gasteiger partial charge in [-0.2, -0.15) is 0 Å². The van der Waals surface area contributed by atoms with Crippen molar-refractivity contribution in [2.45, 2.75) is 31.7 Å². The summed E-state index contributed by atoms with van der Waals surface area (Å²) in [6, 6.07) is 10.1. The Hall–Kier alpha value is -2.41. The summed E-state index contributed by atoms with van der Waals surface area (Å²) in [5, 5.41) is 11.3. The fourth-order valence-electron chi connectivity index (χ4n) is 3.00. The smallest absolute Gasteiger partial charge is 0.318 e. The Morgan fingerprint density at radius 3 is 2.72 bits per heavy atom. The number of ether oxygens (including phenoxy) is 1. The van der Waals surface area contributed by atoms with E-state index in [-0.39, 0.29) is 18.6 Å². The van der Waals surface area contributed by atoms with Gasteiger partial charge in [-0.1, -0.05) is 35.4 Å². The molecule has 134 valence electrons. The SMILES string of the molecule is COCC(=O)N[C@@H](Cc1ccccc1)c1nnc(N2CCCCC2)o1. The molecular formula is C18H24N4O3. The molecule has 2 heterocycles. The van der Waals surface area contributed by atoms with E-state index < -0.39 is 0 Å². The van der Waals surface area contributed by atoms with Crippen molar-refractivity contribution in [1.82, 2.24) is 15.5 Å². The van der Waals surface area contributed by atoms with Crippen molar-refractivity contribution in [1.29, 1.82) is 0 Å². The number of nitrogens with one attached hydrogen (secondary N) is 1. The third-order valence-electron chi connectivity index (χ3n) is 4.25. The molecule has 1 saturated heterocycles. The van der Waals surface area contributed by atoms with Gasteiger partial charge in [-0.25, -0.2) is 0 Å². The molecule has 3 rings (SSSR count). The van der Waals surface area contributed by atoms with E-state index in [4.69, 9.17) is 9.15 Å². The Morgan fingerprint density at radius 2 is 2.00 bits per heavy atom. The topological polar surface area (TPSA) is 80.5 Å². The van der Waals surface area contributed by atoms with Crippen LogP contribution >= 0.6 is 0 Å². The molecule has 1 aromatic carbocycles. The van der Waals surface area contributed by atoms with E-state index in [9.17, 15) is 4.79 Å². The number of aromatic nitrogens is 2. The number of anilines is 1. The fourth-order valence-corrected chi connectivity index (χ4v) is 3.00. The molecule has 1 aromatic heterocycles. The minimum Gasteiger partial charge on any atom is -0.406 e. The molecule has 0 spiro atoms. The number of rotatable bonds is 7. The number of hydrogen-bond acceptors (Lipinski definition) is 6. The van der Waals surface area contributed by atoms with E-state index in [1.54, 1.807) is 0 Å². The van der Waals surface area contributed by atoms with Crippen LogP contribution in [0.25, 0.3) is 0 Å². The maximum atomic E-state index is 12.0.